The van der Waals surface area contributed by atoms with Crippen LogP contribution in [0.1, 0.15) is 13.3 Å². The summed E-state index contributed by atoms with van der Waals surface area (Å²) >= 11 is 2.02. The maximum atomic E-state index is 12.5. The summed E-state index contributed by atoms with van der Waals surface area (Å²) in [7, 11) is 0. The Morgan fingerprint density at radius 3 is 2.80 bits per heavy atom. The minimum atomic E-state index is -1.43. The lowest BCUT2D eigenvalue weighted by Gasteiger charge is -2.03. The molecule has 0 amide bonds. The van der Waals surface area contributed by atoms with E-state index in [2.05, 4.69) is 4.74 Å². The van der Waals surface area contributed by atoms with E-state index in [-0.39, 0.29) is 13.0 Å². The van der Waals surface area contributed by atoms with Gasteiger partial charge in [-0.2, -0.15) is 0 Å². The van der Waals surface area contributed by atoms with Crippen molar-refractivity contribution in [1.29, 1.82) is 0 Å². The number of esters is 1. The van der Waals surface area contributed by atoms with Gasteiger partial charge in [0.2, 0.25) is 0 Å². The first-order valence-electron chi connectivity index (χ1n) is 3.09. The standard InChI is InChI=1S/C6H10FIO2/c1-2-10-6(9)5(7)3-4-8/h5H,2-4H2,1H3. The highest BCUT2D eigenvalue weighted by molar-refractivity contribution is 14.1. The first kappa shape index (κ1) is 10.1. The Kier molecular flexibility index (Phi) is 5.96. The van der Waals surface area contributed by atoms with Crippen molar-refractivity contribution in [1.82, 2.24) is 0 Å². The normalized spacial score (nSPS) is 12.7. The van der Waals surface area contributed by atoms with Gasteiger partial charge >= 0.3 is 5.97 Å². The van der Waals surface area contributed by atoms with Gasteiger partial charge in [0.25, 0.3) is 0 Å². The third kappa shape index (κ3) is 4.03. The average Bonchev–Trinajstić information content (AvgIpc) is 1.89. The van der Waals surface area contributed by atoms with E-state index >= 15 is 0 Å². The van der Waals surface area contributed by atoms with Crippen molar-refractivity contribution in [3.63, 3.8) is 0 Å². The van der Waals surface area contributed by atoms with Crippen LogP contribution in [0.5, 0.6) is 0 Å². The molecule has 0 aliphatic rings. The van der Waals surface area contributed by atoms with Crippen LogP contribution in [0, 0.1) is 0 Å². The molecule has 1 atom stereocenters. The third-order valence-corrected chi connectivity index (χ3v) is 1.53. The van der Waals surface area contributed by atoms with E-state index in [0.717, 1.165) is 0 Å². The lowest BCUT2D eigenvalue weighted by atomic mass is 10.3. The first-order valence-corrected chi connectivity index (χ1v) is 4.61. The summed E-state index contributed by atoms with van der Waals surface area (Å²) in [5.74, 6) is -0.737. The smallest absolute Gasteiger partial charge is 0.340 e. The summed E-state index contributed by atoms with van der Waals surface area (Å²) in [5, 5.41) is 0. The molecular formula is C6H10FIO2. The van der Waals surface area contributed by atoms with Crippen LogP contribution in [-0.4, -0.2) is 23.2 Å². The Labute approximate surface area is 73.3 Å². The molecule has 0 aliphatic heterocycles. The van der Waals surface area contributed by atoms with Crippen LogP contribution >= 0.6 is 22.6 Å². The van der Waals surface area contributed by atoms with E-state index in [9.17, 15) is 9.18 Å². The monoisotopic (exact) mass is 260 g/mol. The van der Waals surface area contributed by atoms with Gasteiger partial charge in [-0.3, -0.25) is 0 Å². The number of alkyl halides is 2. The number of halogens is 2. The largest absolute Gasteiger partial charge is 0.464 e. The highest BCUT2D eigenvalue weighted by atomic mass is 127. The minimum Gasteiger partial charge on any atom is -0.464 e. The molecule has 0 spiro atoms. The SMILES string of the molecule is CCOC(=O)C(F)CCI. The molecule has 0 N–H and O–H groups in total. The Morgan fingerprint density at radius 2 is 2.40 bits per heavy atom. The van der Waals surface area contributed by atoms with E-state index in [4.69, 9.17) is 0 Å². The van der Waals surface area contributed by atoms with Crippen LogP contribution in [-0.2, 0) is 9.53 Å². The molecule has 0 aliphatic carbocycles. The van der Waals surface area contributed by atoms with Gasteiger partial charge in [-0.05, 0) is 13.3 Å². The van der Waals surface area contributed by atoms with Gasteiger partial charge in [-0.25, -0.2) is 9.18 Å². The Hall–Kier alpha value is 0.130. The van der Waals surface area contributed by atoms with E-state index in [1.807, 2.05) is 22.6 Å². The molecule has 0 saturated heterocycles. The van der Waals surface area contributed by atoms with Crippen LogP contribution in [0.3, 0.4) is 0 Å². The second-order valence-electron chi connectivity index (χ2n) is 1.70. The molecule has 2 nitrogen and oxygen atoms in total. The first-order chi connectivity index (χ1) is 4.72. The molecule has 1 unspecified atom stereocenters. The number of hydrogen-bond acceptors (Lipinski definition) is 2. The van der Waals surface area contributed by atoms with Crippen molar-refractivity contribution in [2.75, 3.05) is 11.0 Å². The van der Waals surface area contributed by atoms with Crippen molar-refractivity contribution in [2.45, 2.75) is 19.5 Å². The molecule has 0 saturated carbocycles. The molecule has 0 aromatic heterocycles. The minimum absolute atomic E-state index is 0.249. The summed E-state index contributed by atoms with van der Waals surface area (Å²) in [4.78, 5) is 10.5. The summed E-state index contributed by atoms with van der Waals surface area (Å²) in [6, 6.07) is 0. The van der Waals surface area contributed by atoms with Crippen molar-refractivity contribution < 1.29 is 13.9 Å². The highest BCUT2D eigenvalue weighted by Crippen LogP contribution is 2.02. The number of ether oxygens (including phenoxy) is 1. The fourth-order valence-corrected chi connectivity index (χ4v) is 0.993. The fourth-order valence-electron chi connectivity index (χ4n) is 0.446. The number of carbonyl (C=O) groups excluding carboxylic acids is 1. The van der Waals surface area contributed by atoms with Crippen LogP contribution < -0.4 is 0 Å². The molecule has 60 valence electrons. The molecular weight excluding hydrogens is 250 g/mol. The van der Waals surface area contributed by atoms with E-state index < -0.39 is 12.1 Å². The third-order valence-electron chi connectivity index (χ3n) is 0.905. The second kappa shape index (κ2) is 5.88. The topological polar surface area (TPSA) is 26.3 Å². The van der Waals surface area contributed by atoms with E-state index in [0.29, 0.717) is 4.43 Å². The molecule has 0 fully saturated rings. The number of hydrogen-bond donors (Lipinski definition) is 0. The van der Waals surface area contributed by atoms with Gasteiger partial charge in [0.1, 0.15) is 0 Å². The highest BCUT2D eigenvalue weighted by Gasteiger charge is 2.16. The zero-order valence-corrected chi connectivity index (χ0v) is 7.93. The zero-order chi connectivity index (χ0) is 7.98. The quantitative estimate of drug-likeness (QED) is 0.437. The van der Waals surface area contributed by atoms with E-state index in [1.165, 1.54) is 0 Å². The average molecular weight is 260 g/mol. The molecule has 4 heteroatoms. The van der Waals surface area contributed by atoms with Gasteiger partial charge in [0.15, 0.2) is 6.17 Å². The molecule has 0 heterocycles. The molecule has 0 radical (unpaired) electrons. The molecule has 10 heavy (non-hydrogen) atoms. The summed E-state index contributed by atoms with van der Waals surface area (Å²) in [6.07, 6.45) is -1.18. The van der Waals surface area contributed by atoms with Crippen LogP contribution in [0.25, 0.3) is 0 Å². The van der Waals surface area contributed by atoms with Crippen molar-refractivity contribution in [2.24, 2.45) is 0 Å². The summed E-state index contributed by atoms with van der Waals surface area (Å²) in [6.45, 7) is 1.91. The maximum Gasteiger partial charge on any atom is 0.340 e. The van der Waals surface area contributed by atoms with Crippen molar-refractivity contribution in [3.8, 4) is 0 Å². The lowest BCUT2D eigenvalue weighted by Crippen LogP contribution is -2.18. The molecule has 0 rings (SSSR count). The lowest BCUT2D eigenvalue weighted by molar-refractivity contribution is -0.149. The van der Waals surface area contributed by atoms with Gasteiger partial charge in [-0.1, -0.05) is 22.6 Å². The zero-order valence-electron chi connectivity index (χ0n) is 5.77. The molecule has 0 aromatic rings. The van der Waals surface area contributed by atoms with Gasteiger partial charge in [0.05, 0.1) is 6.61 Å². The van der Waals surface area contributed by atoms with Crippen LogP contribution in [0.2, 0.25) is 0 Å². The molecule has 0 bridgehead atoms. The molecule has 0 aromatic carbocycles. The maximum absolute atomic E-state index is 12.5. The Morgan fingerprint density at radius 1 is 1.80 bits per heavy atom. The van der Waals surface area contributed by atoms with E-state index in [1.54, 1.807) is 6.92 Å². The number of carbonyl (C=O) groups is 1. The fraction of sp³-hybridized carbons (Fsp3) is 0.833. The Bertz CT molecular complexity index is 108. The van der Waals surface area contributed by atoms with Gasteiger partial charge in [-0.15, -0.1) is 0 Å². The number of rotatable bonds is 4. The van der Waals surface area contributed by atoms with Gasteiger partial charge < -0.3 is 4.74 Å². The summed E-state index contributed by atoms with van der Waals surface area (Å²) < 4.78 is 17.6. The predicted molar refractivity (Wildman–Crippen MR) is 45.0 cm³/mol. The van der Waals surface area contributed by atoms with Gasteiger partial charge in [0, 0.05) is 4.43 Å². The second-order valence-corrected chi connectivity index (χ2v) is 2.78. The van der Waals surface area contributed by atoms with Crippen molar-refractivity contribution in [3.05, 3.63) is 0 Å². The van der Waals surface area contributed by atoms with Crippen LogP contribution in [0.4, 0.5) is 4.39 Å². The predicted octanol–water partition coefficient (Wildman–Crippen LogP) is 1.71. The van der Waals surface area contributed by atoms with Crippen molar-refractivity contribution >= 4 is 28.6 Å². The Balaban J connectivity index is 3.49. The summed E-state index contributed by atoms with van der Waals surface area (Å²) in [5.41, 5.74) is 0. The van der Waals surface area contributed by atoms with Crippen LogP contribution in [0.15, 0.2) is 0 Å².